The molecule has 96 valence electrons. The predicted molar refractivity (Wildman–Crippen MR) is 71.0 cm³/mol. The molecule has 0 atom stereocenters. The molecule has 0 aliphatic rings. The number of nitrogens with zero attached hydrogens (tertiary/aromatic N) is 3. The Labute approximate surface area is 110 Å². The Hall–Kier alpha value is -2.81. The van der Waals surface area contributed by atoms with Crippen LogP contribution in [-0.4, -0.2) is 34.4 Å². The molecule has 0 amide bonds. The zero-order valence-electron chi connectivity index (χ0n) is 10.5. The predicted octanol–water partition coefficient (Wildman–Crippen LogP) is 1.28. The minimum atomic E-state index is 0.00191. The van der Waals surface area contributed by atoms with Gasteiger partial charge >= 0.3 is 0 Å². The van der Waals surface area contributed by atoms with Crippen LogP contribution in [0.15, 0.2) is 18.2 Å². The van der Waals surface area contributed by atoms with Crippen molar-refractivity contribution in [3.8, 4) is 35.2 Å². The summed E-state index contributed by atoms with van der Waals surface area (Å²) >= 11 is 0. The van der Waals surface area contributed by atoms with Crippen molar-refractivity contribution in [1.82, 2.24) is 15.2 Å². The van der Waals surface area contributed by atoms with Crippen LogP contribution in [0.25, 0.3) is 11.3 Å². The van der Waals surface area contributed by atoms with Gasteiger partial charge in [0.2, 0.25) is 11.8 Å². The van der Waals surface area contributed by atoms with Crippen LogP contribution in [0.4, 0.5) is 5.95 Å². The van der Waals surface area contributed by atoms with Crippen molar-refractivity contribution < 1.29 is 9.84 Å². The monoisotopic (exact) mass is 256 g/mol. The highest BCUT2D eigenvalue weighted by Crippen LogP contribution is 2.33. The molecule has 0 spiro atoms. The summed E-state index contributed by atoms with van der Waals surface area (Å²) in [5, 5.41) is 20.6. The Kier molecular flexibility index (Phi) is 3.48. The number of methoxy groups -OCH3 is 1. The largest absolute Gasteiger partial charge is 0.507 e. The van der Waals surface area contributed by atoms with E-state index in [4.69, 9.17) is 11.2 Å². The normalized spacial score (nSPS) is 9.74. The van der Waals surface area contributed by atoms with E-state index in [1.807, 2.05) is 0 Å². The van der Waals surface area contributed by atoms with Crippen LogP contribution in [-0.2, 0) is 0 Å². The van der Waals surface area contributed by atoms with Gasteiger partial charge in [-0.3, -0.25) is 0 Å². The lowest BCUT2D eigenvalue weighted by Gasteiger charge is -2.08. The van der Waals surface area contributed by atoms with E-state index in [1.165, 1.54) is 13.2 Å². The van der Waals surface area contributed by atoms with Gasteiger partial charge in [-0.25, -0.2) is 0 Å². The van der Waals surface area contributed by atoms with Crippen LogP contribution in [0, 0.1) is 12.3 Å². The molecule has 1 aromatic carbocycles. The summed E-state index contributed by atoms with van der Waals surface area (Å²) < 4.78 is 5.15. The summed E-state index contributed by atoms with van der Waals surface area (Å²) in [6, 6.07) is 4.82. The summed E-state index contributed by atoms with van der Waals surface area (Å²) in [4.78, 5) is 4.11. The van der Waals surface area contributed by atoms with Gasteiger partial charge < -0.3 is 15.2 Å². The van der Waals surface area contributed by atoms with E-state index in [2.05, 4.69) is 26.4 Å². The van der Waals surface area contributed by atoms with Crippen molar-refractivity contribution in [2.45, 2.75) is 0 Å². The zero-order valence-corrected chi connectivity index (χ0v) is 10.5. The number of terminal acetylenes is 1. The molecule has 0 aliphatic heterocycles. The second-order valence-electron chi connectivity index (χ2n) is 3.62. The first kappa shape index (κ1) is 12.6. The lowest BCUT2D eigenvalue weighted by atomic mass is 10.1. The van der Waals surface area contributed by atoms with Gasteiger partial charge in [-0.15, -0.1) is 16.6 Å². The summed E-state index contributed by atoms with van der Waals surface area (Å²) in [5.74, 6) is 3.04. The quantitative estimate of drug-likeness (QED) is 0.805. The van der Waals surface area contributed by atoms with Crippen molar-refractivity contribution in [1.29, 1.82) is 0 Å². The maximum Gasteiger partial charge on any atom is 0.245 e. The minimum absolute atomic E-state index is 0.00191. The number of benzene rings is 1. The molecular formula is C13H12N4O2. The minimum Gasteiger partial charge on any atom is -0.507 e. The Morgan fingerprint density at radius 3 is 2.74 bits per heavy atom. The zero-order chi connectivity index (χ0) is 13.8. The molecule has 19 heavy (non-hydrogen) atoms. The highest BCUT2D eigenvalue weighted by Gasteiger charge is 2.15. The van der Waals surface area contributed by atoms with E-state index in [-0.39, 0.29) is 11.6 Å². The summed E-state index contributed by atoms with van der Waals surface area (Å²) in [7, 11) is 3.15. The lowest BCUT2D eigenvalue weighted by Crippen LogP contribution is -2.03. The first-order valence-electron chi connectivity index (χ1n) is 5.46. The standard InChI is InChI=1S/C13H12N4O2/c1-4-8-5-6-9(10(18)7-8)11-12(19-3)15-13(14-2)17-16-11/h1,5-7,18H,2-3H3,(H,14,15,17). The smallest absolute Gasteiger partial charge is 0.245 e. The third kappa shape index (κ3) is 2.40. The van der Waals surface area contributed by atoms with Crippen molar-refractivity contribution >= 4 is 5.95 Å². The molecular weight excluding hydrogens is 244 g/mol. The molecule has 2 N–H and O–H groups in total. The Morgan fingerprint density at radius 2 is 2.16 bits per heavy atom. The molecule has 0 fully saturated rings. The van der Waals surface area contributed by atoms with E-state index in [0.717, 1.165) is 0 Å². The molecule has 0 bridgehead atoms. The number of rotatable bonds is 3. The van der Waals surface area contributed by atoms with Crippen LogP contribution in [0.3, 0.4) is 0 Å². The van der Waals surface area contributed by atoms with Gasteiger partial charge in [0.15, 0.2) is 5.69 Å². The fraction of sp³-hybridized carbons (Fsp3) is 0.154. The molecule has 6 heteroatoms. The van der Waals surface area contributed by atoms with Gasteiger partial charge in [0.25, 0.3) is 0 Å². The number of ether oxygens (including phenoxy) is 1. The van der Waals surface area contributed by atoms with E-state index in [9.17, 15) is 5.11 Å². The van der Waals surface area contributed by atoms with Crippen molar-refractivity contribution in [2.24, 2.45) is 0 Å². The first-order valence-corrected chi connectivity index (χ1v) is 5.46. The molecule has 2 aromatic rings. The highest BCUT2D eigenvalue weighted by molar-refractivity contribution is 5.71. The molecule has 0 unspecified atom stereocenters. The molecule has 0 saturated carbocycles. The summed E-state index contributed by atoms with van der Waals surface area (Å²) in [5.41, 5.74) is 1.38. The van der Waals surface area contributed by atoms with E-state index in [1.54, 1.807) is 19.2 Å². The molecule has 1 aromatic heterocycles. The molecule has 0 aliphatic carbocycles. The van der Waals surface area contributed by atoms with Gasteiger partial charge in [0.1, 0.15) is 5.75 Å². The third-order valence-electron chi connectivity index (χ3n) is 2.49. The second kappa shape index (κ2) is 5.23. The molecule has 1 heterocycles. The fourth-order valence-electron chi connectivity index (χ4n) is 1.55. The molecule has 0 saturated heterocycles. The fourth-order valence-corrected chi connectivity index (χ4v) is 1.55. The topological polar surface area (TPSA) is 80.2 Å². The Bertz CT molecular complexity index is 650. The molecule has 2 rings (SSSR count). The summed E-state index contributed by atoms with van der Waals surface area (Å²) in [6.45, 7) is 0. The van der Waals surface area contributed by atoms with E-state index < -0.39 is 0 Å². The molecule has 6 nitrogen and oxygen atoms in total. The molecule has 0 radical (unpaired) electrons. The van der Waals surface area contributed by atoms with Gasteiger partial charge in [0, 0.05) is 18.2 Å². The van der Waals surface area contributed by atoms with E-state index >= 15 is 0 Å². The Morgan fingerprint density at radius 1 is 1.37 bits per heavy atom. The van der Waals surface area contributed by atoms with Crippen molar-refractivity contribution in [3.05, 3.63) is 23.8 Å². The average molecular weight is 256 g/mol. The number of hydrogen-bond donors (Lipinski definition) is 2. The van der Waals surface area contributed by atoms with Gasteiger partial charge in [-0.1, -0.05) is 5.92 Å². The van der Waals surface area contributed by atoms with Crippen LogP contribution < -0.4 is 10.1 Å². The van der Waals surface area contributed by atoms with Gasteiger partial charge in [-0.2, -0.15) is 4.98 Å². The Balaban J connectivity index is 2.56. The van der Waals surface area contributed by atoms with Gasteiger partial charge in [0.05, 0.1) is 7.11 Å². The maximum absolute atomic E-state index is 9.96. The SMILES string of the molecule is C#Cc1ccc(-c2nnc(NC)nc2OC)c(O)c1. The van der Waals surface area contributed by atoms with Crippen LogP contribution >= 0.6 is 0 Å². The van der Waals surface area contributed by atoms with Crippen LogP contribution in [0.1, 0.15) is 5.56 Å². The number of nitrogens with one attached hydrogen (secondary N) is 1. The lowest BCUT2D eigenvalue weighted by molar-refractivity contribution is 0.396. The van der Waals surface area contributed by atoms with Gasteiger partial charge in [-0.05, 0) is 18.2 Å². The summed E-state index contributed by atoms with van der Waals surface area (Å²) in [6.07, 6.45) is 5.27. The number of hydrogen-bond acceptors (Lipinski definition) is 6. The number of phenolic OH excluding ortho intramolecular Hbond substituents is 1. The third-order valence-corrected chi connectivity index (χ3v) is 2.49. The van der Waals surface area contributed by atoms with Crippen LogP contribution in [0.2, 0.25) is 0 Å². The van der Waals surface area contributed by atoms with Crippen molar-refractivity contribution in [2.75, 3.05) is 19.5 Å². The highest BCUT2D eigenvalue weighted by atomic mass is 16.5. The number of anilines is 1. The number of aromatic hydroxyl groups is 1. The van der Waals surface area contributed by atoms with Crippen molar-refractivity contribution in [3.63, 3.8) is 0 Å². The van der Waals surface area contributed by atoms with E-state index in [0.29, 0.717) is 22.8 Å². The van der Waals surface area contributed by atoms with Crippen LogP contribution in [0.5, 0.6) is 11.6 Å². The average Bonchev–Trinajstić information content (AvgIpc) is 2.46. The number of phenols is 1. The first-order chi connectivity index (χ1) is 9.19. The number of aromatic nitrogens is 3. The maximum atomic E-state index is 9.96. The second-order valence-corrected chi connectivity index (χ2v) is 3.62.